The Bertz CT molecular complexity index is 944. The van der Waals surface area contributed by atoms with Crippen LogP contribution in [0.4, 0.5) is 15.3 Å². The Morgan fingerprint density at radius 2 is 1.87 bits per heavy atom. The van der Waals surface area contributed by atoms with Gasteiger partial charge in [-0.05, 0) is 38.1 Å². The minimum atomic E-state index is -0.760. The lowest BCUT2D eigenvalue weighted by molar-refractivity contribution is 0.155. The number of anilines is 1. The molecule has 1 aliphatic heterocycles. The van der Waals surface area contributed by atoms with Gasteiger partial charge in [0.2, 0.25) is 5.96 Å². The van der Waals surface area contributed by atoms with Crippen molar-refractivity contribution in [3.8, 4) is 0 Å². The number of fused-ring (bicyclic) bond motifs is 1. The van der Waals surface area contributed by atoms with E-state index >= 15 is 0 Å². The highest BCUT2D eigenvalue weighted by Crippen LogP contribution is 2.28. The zero-order chi connectivity index (χ0) is 21.5. The number of hydrogen-bond donors (Lipinski definition) is 1. The van der Waals surface area contributed by atoms with E-state index in [0.29, 0.717) is 31.2 Å². The first-order valence-electron chi connectivity index (χ1n) is 9.75. The van der Waals surface area contributed by atoms with E-state index in [1.807, 2.05) is 29.2 Å². The van der Waals surface area contributed by atoms with Gasteiger partial charge in [0, 0.05) is 48.5 Å². The number of nitrogens with zero attached hydrogens (tertiary/aromatic N) is 4. The number of carbonyl (C=O) groups is 2. The van der Waals surface area contributed by atoms with E-state index < -0.39 is 12.2 Å². The van der Waals surface area contributed by atoms with Crippen molar-refractivity contribution in [1.82, 2.24) is 15.2 Å². The van der Waals surface area contributed by atoms with Crippen molar-refractivity contribution in [3.05, 3.63) is 35.5 Å². The number of alkyl carbamates (subject to hydrolysis) is 1. The van der Waals surface area contributed by atoms with E-state index in [9.17, 15) is 9.59 Å². The van der Waals surface area contributed by atoms with Crippen LogP contribution in [0.15, 0.2) is 35.5 Å². The van der Waals surface area contributed by atoms with Crippen LogP contribution >= 0.6 is 11.6 Å². The Morgan fingerprint density at radius 1 is 1.13 bits per heavy atom. The molecule has 30 heavy (non-hydrogen) atoms. The van der Waals surface area contributed by atoms with Crippen LogP contribution in [-0.2, 0) is 9.47 Å². The van der Waals surface area contributed by atoms with E-state index in [-0.39, 0.29) is 19.2 Å². The molecule has 1 N–H and O–H groups in total. The Kier molecular flexibility index (Phi) is 7.29. The molecule has 9 nitrogen and oxygen atoms in total. The third-order valence-corrected chi connectivity index (χ3v) is 4.79. The molecule has 2 heterocycles. The number of benzene rings is 1. The quantitative estimate of drug-likeness (QED) is 0.586. The number of guanidine groups is 1. The summed E-state index contributed by atoms with van der Waals surface area (Å²) >= 11 is 6.08. The predicted molar refractivity (Wildman–Crippen MR) is 115 cm³/mol. The van der Waals surface area contributed by atoms with Crippen LogP contribution in [0.2, 0.25) is 5.02 Å². The zero-order valence-electron chi connectivity index (χ0n) is 16.9. The van der Waals surface area contributed by atoms with Crippen LogP contribution in [0, 0.1) is 0 Å². The molecule has 1 saturated heterocycles. The van der Waals surface area contributed by atoms with Crippen LogP contribution in [0.5, 0.6) is 0 Å². The molecule has 1 aromatic carbocycles. The van der Waals surface area contributed by atoms with E-state index in [0.717, 1.165) is 16.6 Å². The van der Waals surface area contributed by atoms with Gasteiger partial charge in [-0.3, -0.25) is 10.3 Å². The second-order valence-electron chi connectivity index (χ2n) is 6.45. The maximum absolute atomic E-state index is 11.9. The molecular formula is C20H24ClN5O4. The van der Waals surface area contributed by atoms with E-state index in [4.69, 9.17) is 21.1 Å². The Labute approximate surface area is 179 Å². The Hall–Kier alpha value is -3.07. The van der Waals surface area contributed by atoms with Crippen LogP contribution in [0.3, 0.4) is 0 Å². The summed E-state index contributed by atoms with van der Waals surface area (Å²) in [7, 11) is 0. The summed E-state index contributed by atoms with van der Waals surface area (Å²) < 4.78 is 9.79. The highest BCUT2D eigenvalue weighted by molar-refractivity contribution is 6.31. The molecule has 0 atom stereocenters. The number of piperazine rings is 1. The maximum atomic E-state index is 11.9. The molecule has 0 bridgehead atoms. The normalized spacial score (nSPS) is 14.6. The molecule has 3 rings (SSSR count). The van der Waals surface area contributed by atoms with E-state index in [1.54, 1.807) is 20.0 Å². The molecule has 0 unspecified atom stereocenters. The molecule has 2 aromatic rings. The molecule has 0 aliphatic carbocycles. The van der Waals surface area contributed by atoms with Gasteiger partial charge in [-0.25, -0.2) is 9.59 Å². The van der Waals surface area contributed by atoms with Gasteiger partial charge >= 0.3 is 12.2 Å². The van der Waals surface area contributed by atoms with E-state index in [1.165, 1.54) is 0 Å². The second kappa shape index (κ2) is 10.1. The van der Waals surface area contributed by atoms with Gasteiger partial charge in [0.15, 0.2) is 0 Å². The number of aliphatic imine (C=N–C) groups is 1. The highest BCUT2D eigenvalue weighted by Gasteiger charge is 2.24. The predicted octanol–water partition coefficient (Wildman–Crippen LogP) is 3.27. The minimum absolute atomic E-state index is 0.123. The number of nitrogens with one attached hydrogen (secondary N) is 1. The summed E-state index contributed by atoms with van der Waals surface area (Å²) in [6.07, 6.45) is 0.333. The molecule has 0 radical (unpaired) electrons. The highest BCUT2D eigenvalue weighted by atomic mass is 35.5. The number of hydrogen-bond acceptors (Lipinski definition) is 6. The number of rotatable bonds is 3. The van der Waals surface area contributed by atoms with Gasteiger partial charge in [-0.2, -0.15) is 0 Å². The van der Waals surface area contributed by atoms with Gasteiger partial charge in [0.05, 0.1) is 18.7 Å². The average Bonchev–Trinajstić information content (AvgIpc) is 2.73. The lowest BCUT2D eigenvalue weighted by atomic mass is 10.1. The van der Waals surface area contributed by atoms with Crippen molar-refractivity contribution < 1.29 is 19.1 Å². The largest absolute Gasteiger partial charge is 0.450 e. The summed E-state index contributed by atoms with van der Waals surface area (Å²) in [4.78, 5) is 36.0. The van der Waals surface area contributed by atoms with Gasteiger partial charge in [-0.1, -0.05) is 11.6 Å². The lowest BCUT2D eigenvalue weighted by Crippen LogP contribution is -2.54. The monoisotopic (exact) mass is 433 g/mol. The molecular weight excluding hydrogens is 410 g/mol. The van der Waals surface area contributed by atoms with Crippen molar-refractivity contribution in [1.29, 1.82) is 0 Å². The van der Waals surface area contributed by atoms with Crippen molar-refractivity contribution in [2.75, 3.05) is 44.3 Å². The summed E-state index contributed by atoms with van der Waals surface area (Å²) in [5.74, 6) is 0.123. The number of aromatic nitrogens is 1. The second-order valence-corrected chi connectivity index (χ2v) is 6.88. The first-order chi connectivity index (χ1) is 14.5. The third-order valence-electron chi connectivity index (χ3n) is 4.56. The van der Waals surface area contributed by atoms with Crippen LogP contribution in [0.1, 0.15) is 13.8 Å². The molecule has 2 amide bonds. The molecule has 1 aromatic heterocycles. The summed E-state index contributed by atoms with van der Waals surface area (Å²) in [6, 6.07) is 7.61. The van der Waals surface area contributed by atoms with Gasteiger partial charge in [-0.15, -0.1) is 4.99 Å². The lowest BCUT2D eigenvalue weighted by Gasteiger charge is -2.37. The fourth-order valence-corrected chi connectivity index (χ4v) is 3.39. The number of halogens is 1. The maximum Gasteiger partial charge on any atom is 0.436 e. The number of amides is 2. The molecule has 160 valence electrons. The number of ether oxygens (including phenoxy) is 2. The van der Waals surface area contributed by atoms with Crippen molar-refractivity contribution in [2.45, 2.75) is 13.8 Å². The van der Waals surface area contributed by atoms with Crippen molar-refractivity contribution in [2.24, 2.45) is 4.99 Å². The Balaban J connectivity index is 1.74. The SMILES string of the molecule is CCOC(=O)/N=C(/NC(=O)OCC)N1CCN(c2ccnc3cc(Cl)ccc23)CC1. The fraction of sp³-hybridized carbons (Fsp3) is 0.400. The molecule has 1 fully saturated rings. The third kappa shape index (κ3) is 5.29. The summed E-state index contributed by atoms with van der Waals surface area (Å²) in [5.41, 5.74) is 1.88. The van der Waals surface area contributed by atoms with E-state index in [2.05, 4.69) is 20.2 Å². The summed E-state index contributed by atoms with van der Waals surface area (Å²) in [5, 5.41) is 4.19. The molecule has 1 aliphatic rings. The van der Waals surface area contributed by atoms with Gasteiger partial charge in [0.1, 0.15) is 0 Å². The van der Waals surface area contributed by atoms with Crippen LogP contribution in [0.25, 0.3) is 10.9 Å². The first kappa shape index (κ1) is 21.6. The topological polar surface area (TPSA) is 96.4 Å². The molecule has 0 spiro atoms. The number of pyridine rings is 1. The van der Waals surface area contributed by atoms with Gasteiger partial charge in [0.25, 0.3) is 0 Å². The Morgan fingerprint density at radius 3 is 2.57 bits per heavy atom. The van der Waals surface area contributed by atoms with Crippen molar-refractivity contribution in [3.63, 3.8) is 0 Å². The first-order valence-corrected chi connectivity index (χ1v) is 10.1. The standard InChI is InChI=1S/C20H24ClN5O4/c1-3-29-19(27)23-18(24-20(28)30-4-2)26-11-9-25(10-12-26)17-7-8-22-16-13-14(21)5-6-15(16)17/h5-8,13H,3-4,9-12H2,1-2H3,(H,23,24,27,28). The molecule has 0 saturated carbocycles. The number of carbonyl (C=O) groups excluding carboxylic acids is 2. The average molecular weight is 434 g/mol. The molecule has 10 heteroatoms. The minimum Gasteiger partial charge on any atom is -0.450 e. The summed E-state index contributed by atoms with van der Waals surface area (Å²) in [6.45, 7) is 6.21. The smallest absolute Gasteiger partial charge is 0.436 e. The van der Waals surface area contributed by atoms with Crippen LogP contribution < -0.4 is 10.2 Å². The van der Waals surface area contributed by atoms with Gasteiger partial charge < -0.3 is 19.3 Å². The fourth-order valence-electron chi connectivity index (χ4n) is 3.22. The van der Waals surface area contributed by atoms with Crippen LogP contribution in [-0.4, -0.2) is 67.4 Å². The van der Waals surface area contributed by atoms with Crippen molar-refractivity contribution >= 4 is 46.3 Å². The zero-order valence-corrected chi connectivity index (χ0v) is 17.7.